The number of rotatable bonds is 1. The molecular weight excluding hydrogens is 257 g/mol. The largest absolute Gasteiger partial charge is 0.393 e. The van der Waals surface area contributed by atoms with Crippen molar-refractivity contribution in [3.63, 3.8) is 0 Å². The first kappa shape index (κ1) is 14.2. The molecule has 0 aromatic carbocycles. The van der Waals surface area contributed by atoms with Crippen molar-refractivity contribution in [2.75, 3.05) is 13.1 Å². The second-order valence-electron chi connectivity index (χ2n) is 5.53. The number of hydrogen-bond donors (Lipinski definition) is 0. The summed E-state index contributed by atoms with van der Waals surface area (Å²) in [5.41, 5.74) is -1.06. The average Bonchev–Trinajstić information content (AvgIpc) is 2.87. The summed E-state index contributed by atoms with van der Waals surface area (Å²) < 4.78 is 38.2. The summed E-state index contributed by atoms with van der Waals surface area (Å²) in [6.07, 6.45) is -1.25. The van der Waals surface area contributed by atoms with E-state index in [1.54, 1.807) is 0 Å². The number of amides is 1. The summed E-state index contributed by atoms with van der Waals surface area (Å²) in [6.45, 7) is 0.0562. The van der Waals surface area contributed by atoms with Crippen LogP contribution in [0.2, 0.25) is 0 Å². The maximum atomic E-state index is 12.7. The number of nitriles is 1. The van der Waals surface area contributed by atoms with Gasteiger partial charge in [0.15, 0.2) is 0 Å². The molecule has 19 heavy (non-hydrogen) atoms. The van der Waals surface area contributed by atoms with E-state index in [1.165, 1.54) is 4.90 Å². The maximum absolute atomic E-state index is 12.7. The van der Waals surface area contributed by atoms with E-state index in [0.29, 0.717) is 25.8 Å². The monoisotopic (exact) mass is 274 g/mol. The standard InChI is InChI=1S/C13H17F3N2O/c14-13(15,16)10-4-3-7-18(8-10)11(19)12(9-17)5-1-2-6-12/h10H,1-8H2. The number of alkyl halides is 3. The number of carbonyl (C=O) groups is 1. The molecule has 6 heteroatoms. The number of likely N-dealkylation sites (tertiary alicyclic amines) is 1. The molecule has 1 aliphatic heterocycles. The molecule has 1 saturated heterocycles. The molecule has 2 aliphatic rings. The van der Waals surface area contributed by atoms with Crippen LogP contribution in [0.15, 0.2) is 0 Å². The van der Waals surface area contributed by atoms with Gasteiger partial charge in [0, 0.05) is 13.1 Å². The SMILES string of the molecule is N#CC1(C(=O)N2CCCC(C(F)(F)F)C2)CCCC1. The van der Waals surface area contributed by atoms with Crippen molar-refractivity contribution in [1.29, 1.82) is 5.26 Å². The molecule has 1 saturated carbocycles. The van der Waals surface area contributed by atoms with Crippen LogP contribution in [0.25, 0.3) is 0 Å². The van der Waals surface area contributed by atoms with Crippen LogP contribution in [0.4, 0.5) is 13.2 Å². The van der Waals surface area contributed by atoms with E-state index in [-0.39, 0.29) is 18.9 Å². The van der Waals surface area contributed by atoms with Crippen molar-refractivity contribution in [3.8, 4) is 6.07 Å². The van der Waals surface area contributed by atoms with Gasteiger partial charge in [-0.05, 0) is 25.7 Å². The highest BCUT2D eigenvalue weighted by Gasteiger charge is 2.48. The van der Waals surface area contributed by atoms with E-state index in [9.17, 15) is 23.2 Å². The van der Waals surface area contributed by atoms with Crippen molar-refractivity contribution < 1.29 is 18.0 Å². The number of piperidine rings is 1. The molecule has 1 aliphatic carbocycles. The predicted octanol–water partition coefficient (Wildman–Crippen LogP) is 2.87. The summed E-state index contributed by atoms with van der Waals surface area (Å²) in [6, 6.07) is 2.06. The second-order valence-corrected chi connectivity index (χ2v) is 5.53. The maximum Gasteiger partial charge on any atom is 0.393 e. The van der Waals surface area contributed by atoms with Gasteiger partial charge < -0.3 is 4.90 Å². The summed E-state index contributed by atoms with van der Waals surface area (Å²) in [5.74, 6) is -1.83. The van der Waals surface area contributed by atoms with Gasteiger partial charge in [-0.15, -0.1) is 0 Å². The number of halogens is 3. The van der Waals surface area contributed by atoms with Crippen molar-refractivity contribution >= 4 is 5.91 Å². The quantitative estimate of drug-likeness (QED) is 0.738. The van der Waals surface area contributed by atoms with Crippen LogP contribution in [0.5, 0.6) is 0 Å². The van der Waals surface area contributed by atoms with Crippen molar-refractivity contribution in [3.05, 3.63) is 0 Å². The van der Waals surface area contributed by atoms with E-state index in [1.807, 2.05) is 0 Å². The molecule has 1 amide bonds. The summed E-state index contributed by atoms with van der Waals surface area (Å²) in [5, 5.41) is 9.22. The molecule has 1 heterocycles. The molecule has 0 aromatic rings. The minimum absolute atomic E-state index is 0.0762. The highest BCUT2D eigenvalue weighted by molar-refractivity contribution is 5.86. The third-order valence-corrected chi connectivity index (χ3v) is 4.25. The molecule has 2 fully saturated rings. The third-order valence-electron chi connectivity index (χ3n) is 4.25. The van der Waals surface area contributed by atoms with Gasteiger partial charge in [0.05, 0.1) is 12.0 Å². The minimum Gasteiger partial charge on any atom is -0.341 e. The molecule has 1 unspecified atom stereocenters. The van der Waals surface area contributed by atoms with Gasteiger partial charge in [0.25, 0.3) is 0 Å². The Kier molecular flexibility index (Phi) is 3.75. The van der Waals surface area contributed by atoms with Gasteiger partial charge in [-0.25, -0.2) is 0 Å². The van der Waals surface area contributed by atoms with E-state index in [0.717, 1.165) is 12.8 Å². The van der Waals surface area contributed by atoms with Crippen molar-refractivity contribution in [2.24, 2.45) is 11.3 Å². The summed E-state index contributed by atoms with van der Waals surface area (Å²) in [7, 11) is 0. The zero-order valence-corrected chi connectivity index (χ0v) is 10.7. The topological polar surface area (TPSA) is 44.1 Å². The van der Waals surface area contributed by atoms with E-state index >= 15 is 0 Å². The van der Waals surface area contributed by atoms with E-state index < -0.39 is 17.5 Å². The van der Waals surface area contributed by atoms with Gasteiger partial charge >= 0.3 is 6.18 Å². The van der Waals surface area contributed by atoms with Crippen LogP contribution in [-0.2, 0) is 4.79 Å². The molecule has 0 spiro atoms. The Morgan fingerprint density at radius 1 is 1.26 bits per heavy atom. The smallest absolute Gasteiger partial charge is 0.341 e. The molecule has 2 rings (SSSR count). The average molecular weight is 274 g/mol. The lowest BCUT2D eigenvalue weighted by Crippen LogP contribution is -2.49. The lowest BCUT2D eigenvalue weighted by Gasteiger charge is -2.37. The molecule has 0 aromatic heterocycles. The first-order valence-electron chi connectivity index (χ1n) is 6.66. The van der Waals surface area contributed by atoms with Crippen LogP contribution in [0.1, 0.15) is 38.5 Å². The molecule has 1 atom stereocenters. The van der Waals surface area contributed by atoms with E-state index in [4.69, 9.17) is 0 Å². The van der Waals surface area contributed by atoms with Gasteiger partial charge in [-0.3, -0.25) is 4.79 Å². The molecule has 106 valence electrons. The van der Waals surface area contributed by atoms with Crippen LogP contribution < -0.4 is 0 Å². The van der Waals surface area contributed by atoms with Gasteiger partial charge in [0.2, 0.25) is 5.91 Å². The predicted molar refractivity (Wildman–Crippen MR) is 61.9 cm³/mol. The van der Waals surface area contributed by atoms with E-state index in [2.05, 4.69) is 6.07 Å². The Morgan fingerprint density at radius 3 is 2.42 bits per heavy atom. The fourth-order valence-corrected chi connectivity index (χ4v) is 3.08. The lowest BCUT2D eigenvalue weighted by atomic mass is 9.85. The van der Waals surface area contributed by atoms with Crippen LogP contribution >= 0.6 is 0 Å². The fourth-order valence-electron chi connectivity index (χ4n) is 3.08. The number of hydrogen-bond acceptors (Lipinski definition) is 2. The molecular formula is C13H17F3N2O. The molecule has 0 radical (unpaired) electrons. The fraction of sp³-hybridized carbons (Fsp3) is 0.846. The second kappa shape index (κ2) is 5.03. The normalized spacial score (nSPS) is 27.1. The number of nitrogens with zero attached hydrogens (tertiary/aromatic N) is 2. The van der Waals surface area contributed by atoms with Crippen molar-refractivity contribution in [1.82, 2.24) is 4.90 Å². The first-order valence-corrected chi connectivity index (χ1v) is 6.66. The number of carbonyl (C=O) groups excluding carboxylic acids is 1. The van der Waals surface area contributed by atoms with Crippen LogP contribution in [0.3, 0.4) is 0 Å². The Hall–Kier alpha value is -1.25. The van der Waals surface area contributed by atoms with Crippen LogP contribution in [0, 0.1) is 22.7 Å². The highest BCUT2D eigenvalue weighted by atomic mass is 19.4. The Morgan fingerprint density at radius 2 is 1.89 bits per heavy atom. The molecule has 0 bridgehead atoms. The third kappa shape index (κ3) is 2.70. The van der Waals surface area contributed by atoms with Crippen molar-refractivity contribution in [2.45, 2.75) is 44.7 Å². The van der Waals surface area contributed by atoms with Gasteiger partial charge in [-0.2, -0.15) is 18.4 Å². The van der Waals surface area contributed by atoms with Crippen LogP contribution in [-0.4, -0.2) is 30.1 Å². The highest BCUT2D eigenvalue weighted by Crippen LogP contribution is 2.41. The van der Waals surface area contributed by atoms with Gasteiger partial charge in [-0.1, -0.05) is 12.8 Å². The lowest BCUT2D eigenvalue weighted by molar-refractivity contribution is -0.189. The summed E-state index contributed by atoms with van der Waals surface area (Å²) in [4.78, 5) is 13.6. The summed E-state index contributed by atoms with van der Waals surface area (Å²) >= 11 is 0. The zero-order valence-electron chi connectivity index (χ0n) is 10.7. The van der Waals surface area contributed by atoms with Gasteiger partial charge in [0.1, 0.15) is 5.41 Å². The minimum atomic E-state index is -4.26. The molecule has 3 nitrogen and oxygen atoms in total. The molecule has 0 N–H and O–H groups in total. The Balaban J connectivity index is 2.09. The zero-order chi connectivity index (χ0) is 14.1. The Bertz CT molecular complexity index is 394. The first-order chi connectivity index (χ1) is 8.89. The Labute approximate surface area is 110 Å².